The van der Waals surface area contributed by atoms with Crippen LogP contribution in [0.3, 0.4) is 0 Å². The summed E-state index contributed by atoms with van der Waals surface area (Å²) >= 11 is 0. The van der Waals surface area contributed by atoms with Crippen molar-refractivity contribution in [1.82, 2.24) is 18.4 Å². The Morgan fingerprint density at radius 1 is 0.962 bits per heavy atom. The minimum absolute atomic E-state index is 0.254. The van der Waals surface area contributed by atoms with Crippen molar-refractivity contribution in [2.24, 2.45) is 0 Å². The van der Waals surface area contributed by atoms with Gasteiger partial charge in [-0.3, -0.25) is 4.90 Å². The molecule has 0 atom stereocenters. The summed E-state index contributed by atoms with van der Waals surface area (Å²) in [6.45, 7) is 5.96. The molecule has 0 saturated carbocycles. The first-order valence-corrected chi connectivity index (χ1v) is 10.4. The van der Waals surface area contributed by atoms with Crippen LogP contribution < -0.4 is 4.74 Å². The zero-order chi connectivity index (χ0) is 18.6. The zero-order valence-electron chi connectivity index (χ0n) is 15.2. The van der Waals surface area contributed by atoms with E-state index in [4.69, 9.17) is 4.74 Å². The summed E-state index contributed by atoms with van der Waals surface area (Å²) < 4.78 is 47.6. The van der Waals surface area contributed by atoms with E-state index in [-0.39, 0.29) is 11.6 Å². The lowest BCUT2D eigenvalue weighted by Gasteiger charge is -2.39. The molecule has 0 aliphatic carbocycles. The van der Waals surface area contributed by atoms with Crippen molar-refractivity contribution in [2.75, 3.05) is 72.6 Å². The number of likely N-dealkylation sites (N-methyl/N-ethyl adjacent to an activating group) is 1. The fourth-order valence-electron chi connectivity index (χ4n) is 3.21. The van der Waals surface area contributed by atoms with Gasteiger partial charge in [0.25, 0.3) is 10.2 Å². The Balaban J connectivity index is 1.43. The highest BCUT2D eigenvalue weighted by Gasteiger charge is 2.33. The first-order chi connectivity index (χ1) is 12.5. The molecule has 0 N–H and O–H groups in total. The molecule has 9 heteroatoms. The van der Waals surface area contributed by atoms with Crippen LogP contribution in [0, 0.1) is 5.82 Å². The van der Waals surface area contributed by atoms with Crippen LogP contribution >= 0.6 is 0 Å². The third-order valence-corrected chi connectivity index (χ3v) is 6.98. The van der Waals surface area contributed by atoms with Gasteiger partial charge in [0.1, 0.15) is 6.61 Å². The molecule has 3 rings (SSSR count). The summed E-state index contributed by atoms with van der Waals surface area (Å²) in [5.41, 5.74) is 0. The fourth-order valence-corrected chi connectivity index (χ4v) is 4.79. The van der Waals surface area contributed by atoms with Crippen molar-refractivity contribution in [3.05, 3.63) is 30.1 Å². The van der Waals surface area contributed by atoms with Crippen molar-refractivity contribution in [3.8, 4) is 5.75 Å². The molecule has 0 aromatic heterocycles. The largest absolute Gasteiger partial charge is 0.489 e. The number of hydrogen-bond acceptors (Lipinski definition) is 5. The maximum absolute atomic E-state index is 13.5. The van der Waals surface area contributed by atoms with Gasteiger partial charge in [-0.25, -0.2) is 4.39 Å². The van der Waals surface area contributed by atoms with E-state index >= 15 is 0 Å². The van der Waals surface area contributed by atoms with E-state index in [2.05, 4.69) is 9.80 Å². The molecule has 2 aliphatic heterocycles. The third kappa shape index (κ3) is 4.72. The van der Waals surface area contributed by atoms with Crippen LogP contribution in [0.5, 0.6) is 5.75 Å². The van der Waals surface area contributed by atoms with Gasteiger partial charge < -0.3 is 9.64 Å². The number of ether oxygens (including phenoxy) is 1. The van der Waals surface area contributed by atoms with Crippen LogP contribution in [0.4, 0.5) is 4.39 Å². The number of para-hydroxylation sites is 1. The predicted molar refractivity (Wildman–Crippen MR) is 97.9 cm³/mol. The number of piperazine rings is 2. The number of nitrogens with zero attached hydrogens (tertiary/aromatic N) is 4. The van der Waals surface area contributed by atoms with Crippen LogP contribution in [-0.4, -0.2) is 99.4 Å². The van der Waals surface area contributed by atoms with Crippen LogP contribution in [0.1, 0.15) is 0 Å². The normalized spacial score (nSPS) is 21.8. The van der Waals surface area contributed by atoms with E-state index < -0.39 is 10.2 Å². The molecule has 2 aliphatic rings. The summed E-state index contributed by atoms with van der Waals surface area (Å²) in [6, 6.07) is 6.34. The molecule has 0 radical (unpaired) electrons. The molecule has 0 spiro atoms. The summed E-state index contributed by atoms with van der Waals surface area (Å²) in [4.78, 5) is 4.29. The van der Waals surface area contributed by atoms with E-state index in [0.717, 1.165) is 13.1 Å². The molecule has 2 saturated heterocycles. The van der Waals surface area contributed by atoms with Crippen LogP contribution in [0.25, 0.3) is 0 Å². The smallest absolute Gasteiger partial charge is 0.282 e. The van der Waals surface area contributed by atoms with Gasteiger partial charge in [-0.1, -0.05) is 12.1 Å². The monoisotopic (exact) mass is 386 g/mol. The van der Waals surface area contributed by atoms with Gasteiger partial charge in [0.2, 0.25) is 0 Å². The van der Waals surface area contributed by atoms with Crippen molar-refractivity contribution in [2.45, 2.75) is 0 Å². The molecule has 0 amide bonds. The van der Waals surface area contributed by atoms with Crippen molar-refractivity contribution in [1.29, 1.82) is 0 Å². The molecule has 7 nitrogen and oxygen atoms in total. The summed E-state index contributed by atoms with van der Waals surface area (Å²) in [5, 5.41) is 0. The fraction of sp³-hybridized carbons (Fsp3) is 0.647. The van der Waals surface area contributed by atoms with Crippen LogP contribution in [0.2, 0.25) is 0 Å². The van der Waals surface area contributed by atoms with Gasteiger partial charge >= 0.3 is 0 Å². The number of rotatable bonds is 6. The Morgan fingerprint density at radius 3 is 2.15 bits per heavy atom. The average molecular weight is 386 g/mol. The van der Waals surface area contributed by atoms with Gasteiger partial charge in [-0.05, 0) is 19.2 Å². The summed E-state index contributed by atoms with van der Waals surface area (Å²) in [6.07, 6.45) is 0. The maximum Gasteiger partial charge on any atom is 0.282 e. The molecular weight excluding hydrogens is 359 g/mol. The SMILES string of the molecule is CN1CCN(S(=O)(=O)N2CCN(CCOc3ccccc3F)CC2)CC1. The molecule has 2 fully saturated rings. The Kier molecular flexibility index (Phi) is 6.46. The van der Waals surface area contributed by atoms with E-state index in [1.165, 1.54) is 6.07 Å². The summed E-state index contributed by atoms with van der Waals surface area (Å²) in [5.74, 6) is -0.112. The molecule has 1 aromatic rings. The number of halogens is 1. The second-order valence-corrected chi connectivity index (χ2v) is 8.66. The van der Waals surface area contributed by atoms with Crippen molar-refractivity contribution in [3.63, 3.8) is 0 Å². The number of benzene rings is 1. The highest BCUT2D eigenvalue weighted by molar-refractivity contribution is 7.86. The Bertz CT molecular complexity index is 687. The van der Waals surface area contributed by atoms with Gasteiger partial charge in [0.15, 0.2) is 11.6 Å². The van der Waals surface area contributed by atoms with E-state index in [9.17, 15) is 12.8 Å². The standard InChI is InChI=1S/C17H27FN4O3S/c1-19-6-10-21(11-7-19)26(23,24)22-12-8-20(9-13-22)14-15-25-17-5-3-2-4-16(17)18/h2-5H,6-15H2,1H3. The van der Waals surface area contributed by atoms with Crippen LogP contribution in [-0.2, 0) is 10.2 Å². The molecular formula is C17H27FN4O3S. The zero-order valence-corrected chi connectivity index (χ0v) is 16.0. The minimum Gasteiger partial charge on any atom is -0.489 e. The molecule has 26 heavy (non-hydrogen) atoms. The predicted octanol–water partition coefficient (Wildman–Crippen LogP) is 0.314. The van der Waals surface area contributed by atoms with Crippen molar-refractivity contribution >= 4 is 10.2 Å². The maximum atomic E-state index is 13.5. The van der Waals surface area contributed by atoms with Gasteiger partial charge in [-0.2, -0.15) is 17.0 Å². The third-order valence-electron chi connectivity index (χ3n) is 4.95. The van der Waals surface area contributed by atoms with E-state index in [1.807, 2.05) is 7.05 Å². The topological polar surface area (TPSA) is 56.3 Å². The Hall–Kier alpha value is -1.26. The molecule has 2 heterocycles. The average Bonchev–Trinajstić information content (AvgIpc) is 2.64. The molecule has 1 aromatic carbocycles. The quantitative estimate of drug-likeness (QED) is 0.705. The van der Waals surface area contributed by atoms with E-state index in [0.29, 0.717) is 52.4 Å². The lowest BCUT2D eigenvalue weighted by atomic mass is 10.3. The van der Waals surface area contributed by atoms with Gasteiger partial charge in [0, 0.05) is 58.9 Å². The Labute approximate surface area is 155 Å². The molecule has 0 bridgehead atoms. The highest BCUT2D eigenvalue weighted by Crippen LogP contribution is 2.16. The van der Waals surface area contributed by atoms with E-state index in [1.54, 1.807) is 26.8 Å². The first kappa shape index (κ1) is 19.5. The minimum atomic E-state index is -3.37. The lowest BCUT2D eigenvalue weighted by molar-refractivity contribution is 0.148. The second kappa shape index (κ2) is 8.62. The molecule has 146 valence electrons. The highest BCUT2D eigenvalue weighted by atomic mass is 32.2. The van der Waals surface area contributed by atoms with Gasteiger partial charge in [-0.15, -0.1) is 0 Å². The first-order valence-electron chi connectivity index (χ1n) is 9.00. The molecule has 0 unspecified atom stereocenters. The lowest BCUT2D eigenvalue weighted by Crippen LogP contribution is -2.56. The van der Waals surface area contributed by atoms with Crippen LogP contribution in [0.15, 0.2) is 24.3 Å². The Morgan fingerprint density at radius 2 is 1.54 bits per heavy atom. The number of hydrogen-bond donors (Lipinski definition) is 0. The van der Waals surface area contributed by atoms with Gasteiger partial charge in [0.05, 0.1) is 0 Å². The van der Waals surface area contributed by atoms with Crippen molar-refractivity contribution < 1.29 is 17.5 Å². The summed E-state index contributed by atoms with van der Waals surface area (Å²) in [7, 11) is -1.36. The second-order valence-electron chi connectivity index (χ2n) is 6.73.